The van der Waals surface area contributed by atoms with Crippen molar-refractivity contribution in [3.8, 4) is 0 Å². The van der Waals surface area contributed by atoms with Gasteiger partial charge in [0.05, 0.1) is 0 Å². The molecule has 1 heterocycles. The Bertz CT molecular complexity index is 735. The van der Waals surface area contributed by atoms with Crippen molar-refractivity contribution in [2.45, 2.75) is 19.2 Å². The number of aryl methyl sites for hydroxylation is 1. The van der Waals surface area contributed by atoms with Crippen molar-refractivity contribution >= 4 is 35.1 Å². The number of hydrogen-bond acceptors (Lipinski definition) is 2. The van der Waals surface area contributed by atoms with E-state index in [1.807, 2.05) is 61.2 Å². The Labute approximate surface area is 146 Å². The van der Waals surface area contributed by atoms with Crippen molar-refractivity contribution < 1.29 is 4.79 Å². The largest absolute Gasteiger partial charge is 0.323 e. The van der Waals surface area contributed by atoms with Gasteiger partial charge in [-0.2, -0.15) is 0 Å². The topological polar surface area (TPSA) is 32.3 Å². The van der Waals surface area contributed by atoms with Crippen LogP contribution in [0.25, 0.3) is 0 Å². The first-order valence-corrected chi connectivity index (χ1v) is 9.00. The Morgan fingerprint density at radius 2 is 2.04 bits per heavy atom. The van der Waals surface area contributed by atoms with Crippen LogP contribution in [-0.4, -0.2) is 23.2 Å². The van der Waals surface area contributed by atoms with Crippen LogP contribution in [0.15, 0.2) is 42.5 Å². The number of halogens is 1. The van der Waals surface area contributed by atoms with Crippen molar-refractivity contribution in [1.82, 2.24) is 4.90 Å². The van der Waals surface area contributed by atoms with E-state index in [1.54, 1.807) is 11.8 Å². The van der Waals surface area contributed by atoms with E-state index < -0.39 is 0 Å². The molecule has 3 nitrogen and oxygen atoms in total. The molecule has 0 aromatic heterocycles. The summed E-state index contributed by atoms with van der Waals surface area (Å²) in [6.07, 6.45) is 0. The van der Waals surface area contributed by atoms with Crippen molar-refractivity contribution in [3.63, 3.8) is 0 Å². The number of nitrogens with zero attached hydrogens (tertiary/aromatic N) is 1. The van der Waals surface area contributed by atoms with E-state index in [2.05, 4.69) is 5.32 Å². The van der Waals surface area contributed by atoms with Gasteiger partial charge in [0, 0.05) is 23.0 Å². The van der Waals surface area contributed by atoms with Gasteiger partial charge in [-0.25, -0.2) is 4.79 Å². The molecule has 1 atom stereocenters. The van der Waals surface area contributed by atoms with Crippen LogP contribution >= 0.6 is 23.4 Å². The maximum Gasteiger partial charge on any atom is 0.323 e. The molecular weight excluding hydrogens is 328 g/mol. The zero-order valence-electron chi connectivity index (χ0n) is 13.2. The highest BCUT2D eigenvalue weighted by molar-refractivity contribution is 7.99. The molecule has 0 aliphatic carbocycles. The Morgan fingerprint density at radius 1 is 1.26 bits per heavy atom. The minimum atomic E-state index is -0.0614. The third kappa shape index (κ3) is 3.48. The highest BCUT2D eigenvalue weighted by Gasteiger charge is 2.31. The van der Waals surface area contributed by atoms with Gasteiger partial charge >= 0.3 is 6.03 Å². The van der Waals surface area contributed by atoms with Crippen LogP contribution in [0.5, 0.6) is 0 Å². The predicted molar refractivity (Wildman–Crippen MR) is 98.3 cm³/mol. The van der Waals surface area contributed by atoms with E-state index >= 15 is 0 Å². The second kappa shape index (κ2) is 6.85. The van der Waals surface area contributed by atoms with E-state index in [4.69, 9.17) is 11.6 Å². The average molecular weight is 347 g/mol. The second-order valence-electron chi connectivity index (χ2n) is 5.65. The quantitative estimate of drug-likeness (QED) is 0.806. The molecule has 2 aromatic rings. The Hall–Kier alpha value is -1.65. The Balaban J connectivity index is 1.80. The van der Waals surface area contributed by atoms with Gasteiger partial charge in [-0.15, -0.1) is 11.8 Å². The third-order valence-corrected chi connectivity index (χ3v) is 5.63. The summed E-state index contributed by atoms with van der Waals surface area (Å²) in [6, 6.07) is 13.6. The van der Waals surface area contributed by atoms with Crippen LogP contribution in [0.4, 0.5) is 10.5 Å². The highest BCUT2D eigenvalue weighted by atomic mass is 35.5. The molecule has 0 saturated carbocycles. The maximum absolute atomic E-state index is 12.7. The molecule has 23 heavy (non-hydrogen) atoms. The van der Waals surface area contributed by atoms with Crippen LogP contribution in [0.2, 0.25) is 5.02 Å². The molecule has 5 heteroatoms. The molecule has 1 fully saturated rings. The fourth-order valence-corrected chi connectivity index (χ4v) is 4.13. The molecule has 1 saturated heterocycles. The number of anilines is 1. The predicted octanol–water partition coefficient (Wildman–Crippen LogP) is 5.24. The standard InChI is InChI=1S/C18H19ClN2OS/c1-12-5-3-8-16(13(12)2)20-18(22)21-9-10-23-17(21)14-6-4-7-15(19)11-14/h3-8,11,17H,9-10H2,1-2H3,(H,20,22). The molecule has 1 N–H and O–H groups in total. The summed E-state index contributed by atoms with van der Waals surface area (Å²) >= 11 is 7.86. The second-order valence-corrected chi connectivity index (χ2v) is 7.27. The van der Waals surface area contributed by atoms with Gasteiger partial charge in [-0.3, -0.25) is 0 Å². The fraction of sp³-hybridized carbons (Fsp3) is 0.278. The number of carbonyl (C=O) groups excluding carboxylic acids is 1. The van der Waals surface area contributed by atoms with E-state index in [-0.39, 0.29) is 11.4 Å². The summed E-state index contributed by atoms with van der Waals surface area (Å²) in [4.78, 5) is 14.6. The first-order chi connectivity index (χ1) is 11.1. The van der Waals surface area contributed by atoms with Crippen LogP contribution in [0.1, 0.15) is 22.1 Å². The van der Waals surface area contributed by atoms with Gasteiger partial charge in [0.15, 0.2) is 0 Å². The molecule has 0 radical (unpaired) electrons. The third-order valence-electron chi connectivity index (χ3n) is 4.13. The number of rotatable bonds is 2. The molecule has 120 valence electrons. The average Bonchev–Trinajstić information content (AvgIpc) is 3.01. The molecule has 2 aromatic carbocycles. The summed E-state index contributed by atoms with van der Waals surface area (Å²) in [7, 11) is 0. The Kier molecular flexibility index (Phi) is 4.83. The lowest BCUT2D eigenvalue weighted by molar-refractivity contribution is 0.214. The zero-order valence-corrected chi connectivity index (χ0v) is 14.7. The molecule has 0 spiro atoms. The maximum atomic E-state index is 12.7. The number of thioether (sulfide) groups is 1. The molecule has 2 amide bonds. The van der Waals surface area contributed by atoms with Gasteiger partial charge in [0.1, 0.15) is 5.37 Å². The number of nitrogens with one attached hydrogen (secondary N) is 1. The summed E-state index contributed by atoms with van der Waals surface area (Å²) in [5.74, 6) is 0.928. The van der Waals surface area contributed by atoms with Gasteiger partial charge in [-0.05, 0) is 48.7 Å². The van der Waals surface area contributed by atoms with Crippen molar-refractivity contribution in [2.24, 2.45) is 0 Å². The number of benzene rings is 2. The van der Waals surface area contributed by atoms with Gasteiger partial charge < -0.3 is 10.2 Å². The number of urea groups is 1. The van der Waals surface area contributed by atoms with Gasteiger partial charge in [0.2, 0.25) is 0 Å². The van der Waals surface area contributed by atoms with Crippen molar-refractivity contribution in [3.05, 3.63) is 64.2 Å². The molecule has 3 rings (SSSR count). The molecule has 1 unspecified atom stereocenters. The summed E-state index contributed by atoms with van der Waals surface area (Å²) in [5, 5.41) is 3.76. The number of carbonyl (C=O) groups is 1. The van der Waals surface area contributed by atoms with Crippen molar-refractivity contribution in [2.75, 3.05) is 17.6 Å². The van der Waals surface area contributed by atoms with Crippen LogP contribution < -0.4 is 5.32 Å². The lowest BCUT2D eigenvalue weighted by atomic mass is 10.1. The van der Waals surface area contributed by atoms with Gasteiger partial charge in [-0.1, -0.05) is 35.9 Å². The number of hydrogen-bond donors (Lipinski definition) is 1. The van der Waals surface area contributed by atoms with E-state index in [9.17, 15) is 4.79 Å². The molecule has 1 aliphatic rings. The minimum Gasteiger partial charge on any atom is -0.308 e. The fourth-order valence-electron chi connectivity index (χ4n) is 2.69. The van der Waals surface area contributed by atoms with E-state index in [0.29, 0.717) is 5.02 Å². The monoisotopic (exact) mass is 346 g/mol. The SMILES string of the molecule is Cc1cccc(NC(=O)N2CCSC2c2cccc(Cl)c2)c1C. The lowest BCUT2D eigenvalue weighted by Crippen LogP contribution is -2.34. The zero-order chi connectivity index (χ0) is 16.4. The van der Waals surface area contributed by atoms with Crippen LogP contribution in [0.3, 0.4) is 0 Å². The highest BCUT2D eigenvalue weighted by Crippen LogP contribution is 2.39. The summed E-state index contributed by atoms with van der Waals surface area (Å²) in [6.45, 7) is 4.81. The normalized spacial score (nSPS) is 17.3. The van der Waals surface area contributed by atoms with Crippen molar-refractivity contribution in [1.29, 1.82) is 0 Å². The smallest absolute Gasteiger partial charge is 0.308 e. The first kappa shape index (κ1) is 16.2. The van der Waals surface area contributed by atoms with E-state index in [1.165, 1.54) is 5.56 Å². The minimum absolute atomic E-state index is 0.0128. The lowest BCUT2D eigenvalue weighted by Gasteiger charge is -2.25. The van der Waals surface area contributed by atoms with Crippen LogP contribution in [0, 0.1) is 13.8 Å². The molecule has 1 aliphatic heterocycles. The summed E-state index contributed by atoms with van der Waals surface area (Å²) in [5.41, 5.74) is 4.21. The van der Waals surface area contributed by atoms with Crippen LogP contribution in [-0.2, 0) is 0 Å². The molecular formula is C18H19ClN2OS. The first-order valence-electron chi connectivity index (χ1n) is 7.57. The summed E-state index contributed by atoms with van der Waals surface area (Å²) < 4.78 is 0. The molecule has 0 bridgehead atoms. The Morgan fingerprint density at radius 3 is 2.83 bits per heavy atom. The van der Waals surface area contributed by atoms with Gasteiger partial charge in [0.25, 0.3) is 0 Å². The number of amides is 2. The van der Waals surface area contributed by atoms with E-state index in [0.717, 1.165) is 29.1 Å².